The molecule has 2 aromatic carbocycles. The van der Waals surface area contributed by atoms with Crippen LogP contribution in [0, 0.1) is 0 Å². The maximum Gasteiger partial charge on any atom is 0.306 e. The topological polar surface area (TPSA) is 83.1 Å². The second-order valence-electron chi connectivity index (χ2n) is 20.2. The van der Waals surface area contributed by atoms with Gasteiger partial charge in [-0.15, -0.1) is 0 Å². The molecule has 0 bridgehead atoms. The largest absolute Gasteiger partial charge is 0.461 e. The molecule has 2 aromatic rings. The van der Waals surface area contributed by atoms with Gasteiger partial charge < -0.3 is 29.9 Å². The molecule has 1 heterocycles. The highest BCUT2D eigenvalue weighted by atomic mass is 16.5. The molecule has 0 saturated carbocycles. The molecule has 0 aromatic heterocycles. The second kappa shape index (κ2) is 42.8. The summed E-state index contributed by atoms with van der Waals surface area (Å²) in [5, 5.41) is 7.38. The Balaban J connectivity index is 1.21. The van der Waals surface area contributed by atoms with E-state index in [9.17, 15) is 9.59 Å². The van der Waals surface area contributed by atoms with Crippen LogP contribution in [0.1, 0.15) is 243 Å². The molecule has 0 unspecified atom stereocenters. The first kappa shape index (κ1) is 59.2. The van der Waals surface area contributed by atoms with E-state index in [1.807, 2.05) is 0 Å². The van der Waals surface area contributed by atoms with Crippen LogP contribution in [0.3, 0.4) is 0 Å². The van der Waals surface area contributed by atoms with E-state index in [-0.39, 0.29) is 11.9 Å². The minimum Gasteiger partial charge on any atom is -0.461 e. The van der Waals surface area contributed by atoms with Crippen molar-refractivity contribution in [3.05, 3.63) is 59.7 Å². The highest BCUT2D eigenvalue weighted by Crippen LogP contribution is 2.20. The molecule has 8 nitrogen and oxygen atoms in total. The van der Waals surface area contributed by atoms with Gasteiger partial charge in [0.05, 0.1) is 0 Å². The van der Waals surface area contributed by atoms with Gasteiger partial charge in [0.15, 0.2) is 0 Å². The van der Waals surface area contributed by atoms with E-state index in [1.54, 1.807) is 0 Å². The van der Waals surface area contributed by atoms with Gasteiger partial charge in [0.2, 0.25) is 0 Å². The SMILES string of the molecule is CCCCCCCCCCCCCCCCCC(=O)OCc1ccc(N2CCCNCCN(c3ccc(COC(=O)CCCCCCCCCCCCCCCCC)cc3)CCCNCC2)cc1. The summed E-state index contributed by atoms with van der Waals surface area (Å²) in [4.78, 5) is 29.9. The van der Waals surface area contributed by atoms with Crippen molar-refractivity contribution in [2.24, 2.45) is 0 Å². The fraction of sp³-hybridized carbons (Fsp3) is 0.767. The maximum atomic E-state index is 12.5. The minimum absolute atomic E-state index is 0.0758. The van der Waals surface area contributed by atoms with E-state index in [0.717, 1.165) is 102 Å². The molecule has 8 heteroatoms. The fourth-order valence-electron chi connectivity index (χ4n) is 9.57. The standard InChI is InChI=1S/C60H104N4O4/c1-3-5-7-9-11-13-15-17-19-21-23-25-27-29-31-35-59(65)67-53-55-37-41-57(42-38-55)63-49-33-45-62-48-52-64(50-34-46-61-47-51-63)58-43-39-56(40-44-58)54-68-60(66)36-32-30-28-26-24-22-20-18-16-14-12-10-8-6-4-2/h37-44,61-62H,3-36,45-54H2,1-2H3. The normalized spacial score (nSPS) is 14.2. The van der Waals surface area contributed by atoms with E-state index >= 15 is 0 Å². The molecule has 0 aliphatic carbocycles. The maximum absolute atomic E-state index is 12.5. The van der Waals surface area contributed by atoms with Crippen LogP contribution in [0.15, 0.2) is 48.5 Å². The highest BCUT2D eigenvalue weighted by Gasteiger charge is 2.12. The number of hydrogen-bond donors (Lipinski definition) is 2. The summed E-state index contributed by atoms with van der Waals surface area (Å²) in [5.74, 6) is -0.152. The molecule has 0 atom stereocenters. The quantitative estimate of drug-likeness (QED) is 0.0509. The Morgan fingerprint density at radius 2 is 0.662 bits per heavy atom. The van der Waals surface area contributed by atoms with Crippen LogP contribution in [0.5, 0.6) is 0 Å². The van der Waals surface area contributed by atoms with Gasteiger partial charge in [-0.05, 0) is 74.2 Å². The molecule has 1 fully saturated rings. The lowest BCUT2D eigenvalue weighted by molar-refractivity contribution is -0.146. The van der Waals surface area contributed by atoms with Gasteiger partial charge in [0.25, 0.3) is 0 Å². The van der Waals surface area contributed by atoms with Gasteiger partial charge in [-0.1, -0.05) is 218 Å². The summed E-state index contributed by atoms with van der Waals surface area (Å²) in [7, 11) is 0. The molecule has 1 aliphatic heterocycles. The molecule has 2 N–H and O–H groups in total. The van der Waals surface area contributed by atoms with Crippen LogP contribution >= 0.6 is 0 Å². The monoisotopic (exact) mass is 945 g/mol. The predicted octanol–water partition coefficient (Wildman–Crippen LogP) is 15.6. The summed E-state index contributed by atoms with van der Waals surface area (Å²) in [6.45, 7) is 12.9. The third-order valence-electron chi connectivity index (χ3n) is 14.1. The molecule has 68 heavy (non-hydrogen) atoms. The Hall–Kier alpha value is -3.10. The number of unbranched alkanes of at least 4 members (excludes halogenated alkanes) is 28. The summed E-state index contributed by atoms with van der Waals surface area (Å²) in [6, 6.07) is 17.2. The number of ether oxygens (including phenoxy) is 2. The zero-order valence-electron chi connectivity index (χ0n) is 44.3. The number of esters is 2. The van der Waals surface area contributed by atoms with Crippen molar-refractivity contribution in [3.63, 3.8) is 0 Å². The Bertz CT molecular complexity index is 1330. The van der Waals surface area contributed by atoms with Crippen molar-refractivity contribution in [1.82, 2.24) is 10.6 Å². The van der Waals surface area contributed by atoms with Crippen LogP contribution in [-0.4, -0.2) is 64.3 Å². The van der Waals surface area contributed by atoms with Crippen molar-refractivity contribution < 1.29 is 19.1 Å². The van der Waals surface area contributed by atoms with Crippen LogP contribution in [0.25, 0.3) is 0 Å². The lowest BCUT2D eigenvalue weighted by Crippen LogP contribution is -2.38. The first-order valence-electron chi connectivity index (χ1n) is 29.0. The van der Waals surface area contributed by atoms with Gasteiger partial charge in [0.1, 0.15) is 13.2 Å². The third kappa shape index (κ3) is 31.9. The van der Waals surface area contributed by atoms with Crippen LogP contribution < -0.4 is 20.4 Å². The van der Waals surface area contributed by atoms with Gasteiger partial charge in [-0.3, -0.25) is 9.59 Å². The fourth-order valence-corrected chi connectivity index (χ4v) is 9.57. The molecule has 1 aliphatic rings. The van der Waals surface area contributed by atoms with Crippen LogP contribution in [0.2, 0.25) is 0 Å². The smallest absolute Gasteiger partial charge is 0.306 e. The van der Waals surface area contributed by atoms with Gasteiger partial charge in [0, 0.05) is 63.5 Å². The van der Waals surface area contributed by atoms with Gasteiger partial charge >= 0.3 is 11.9 Å². The first-order chi connectivity index (χ1) is 33.6. The Kier molecular flexibility index (Phi) is 37.2. The molecule has 0 radical (unpaired) electrons. The minimum atomic E-state index is -0.0758. The van der Waals surface area contributed by atoms with Gasteiger partial charge in [-0.2, -0.15) is 0 Å². The number of hydrogen-bond acceptors (Lipinski definition) is 8. The molecule has 0 amide bonds. The molecule has 0 spiro atoms. The summed E-state index contributed by atoms with van der Waals surface area (Å²) in [5.41, 5.74) is 4.53. The number of carbonyl (C=O) groups excluding carboxylic acids is 2. The van der Waals surface area contributed by atoms with E-state index in [0.29, 0.717) is 26.1 Å². The van der Waals surface area contributed by atoms with E-state index in [1.165, 1.54) is 178 Å². The zero-order valence-corrected chi connectivity index (χ0v) is 44.3. The number of anilines is 2. The van der Waals surface area contributed by atoms with Gasteiger partial charge in [-0.25, -0.2) is 0 Å². The molecule has 388 valence electrons. The lowest BCUT2D eigenvalue weighted by Gasteiger charge is -2.28. The number of rotatable bonds is 38. The summed E-state index contributed by atoms with van der Waals surface area (Å²) >= 11 is 0. The Morgan fingerprint density at radius 3 is 0.956 bits per heavy atom. The first-order valence-corrected chi connectivity index (χ1v) is 29.0. The lowest BCUT2D eigenvalue weighted by atomic mass is 10.0. The van der Waals surface area contributed by atoms with Crippen LogP contribution in [0.4, 0.5) is 11.4 Å². The molecule has 3 rings (SSSR count). The number of nitrogens with one attached hydrogen (secondary N) is 2. The third-order valence-corrected chi connectivity index (χ3v) is 14.1. The van der Waals surface area contributed by atoms with Crippen LogP contribution in [-0.2, 0) is 32.3 Å². The average Bonchev–Trinajstić information content (AvgIpc) is 3.36. The van der Waals surface area contributed by atoms with Crippen molar-refractivity contribution in [2.75, 3.05) is 62.2 Å². The molecular weight excluding hydrogens is 841 g/mol. The second-order valence-corrected chi connectivity index (χ2v) is 20.2. The predicted molar refractivity (Wildman–Crippen MR) is 291 cm³/mol. The van der Waals surface area contributed by atoms with E-state index in [4.69, 9.17) is 9.47 Å². The zero-order chi connectivity index (χ0) is 48.2. The van der Waals surface area contributed by atoms with E-state index in [2.05, 4.69) is 82.8 Å². The number of nitrogens with zero attached hydrogens (tertiary/aromatic N) is 2. The number of benzene rings is 2. The van der Waals surface area contributed by atoms with E-state index < -0.39 is 0 Å². The summed E-state index contributed by atoms with van der Waals surface area (Å²) < 4.78 is 11.3. The molecular formula is C60H104N4O4. The van der Waals surface area contributed by atoms with Crippen molar-refractivity contribution >= 4 is 23.3 Å². The van der Waals surface area contributed by atoms with Crippen molar-refractivity contribution in [2.45, 2.75) is 245 Å². The van der Waals surface area contributed by atoms with Crippen molar-refractivity contribution in [3.8, 4) is 0 Å². The highest BCUT2D eigenvalue weighted by molar-refractivity contribution is 5.69. The van der Waals surface area contributed by atoms with Crippen molar-refractivity contribution in [1.29, 1.82) is 0 Å². The average molecular weight is 946 g/mol. The number of carbonyl (C=O) groups is 2. The molecule has 1 saturated heterocycles. The Labute approximate surface area is 418 Å². The Morgan fingerprint density at radius 1 is 0.382 bits per heavy atom. The summed E-state index contributed by atoms with van der Waals surface area (Å²) in [6.07, 6.45) is 42.9.